The number of para-hydroxylation sites is 10. The molecule has 0 saturated carbocycles. The van der Waals surface area contributed by atoms with Gasteiger partial charge in [0.05, 0.1) is 0 Å². The molecule has 0 aliphatic heterocycles. The van der Waals surface area contributed by atoms with Gasteiger partial charge in [0.25, 0.3) is 0 Å². The van der Waals surface area contributed by atoms with E-state index in [0.717, 1.165) is 152 Å². The topological polar surface area (TPSA) is 99.5 Å². The van der Waals surface area contributed by atoms with Gasteiger partial charge in [-0.05, 0) is 150 Å². The molecule has 0 amide bonds. The van der Waals surface area contributed by atoms with Crippen LogP contribution < -0.4 is 15.3 Å². The molecule has 0 saturated heterocycles. The maximum absolute atomic E-state index is 9.24. The first-order valence-electron chi connectivity index (χ1n) is 33.3. The third-order valence-corrected chi connectivity index (χ3v) is 19.7. The molecule has 0 unspecified atom stereocenters. The Kier molecular flexibility index (Phi) is 18.5. The van der Waals surface area contributed by atoms with Gasteiger partial charge >= 0.3 is 7.12 Å². The summed E-state index contributed by atoms with van der Waals surface area (Å²) in [7, 11) is -1.51. The van der Waals surface area contributed by atoms with E-state index in [1.165, 1.54) is 10.8 Å². The van der Waals surface area contributed by atoms with Gasteiger partial charge in [0.15, 0.2) is 0 Å². The summed E-state index contributed by atoms with van der Waals surface area (Å²) in [5, 5.41) is 27.3. The van der Waals surface area contributed by atoms with Crippen LogP contribution in [0.1, 0.15) is 0 Å². The van der Waals surface area contributed by atoms with Crippen LogP contribution in [0.3, 0.4) is 0 Å². The van der Waals surface area contributed by atoms with Gasteiger partial charge in [0, 0.05) is 113 Å². The summed E-state index contributed by atoms with van der Waals surface area (Å²) in [6.45, 7) is 0. The molecule has 0 aliphatic rings. The van der Waals surface area contributed by atoms with Crippen LogP contribution in [0.25, 0.3) is 121 Å². The van der Waals surface area contributed by atoms with Crippen LogP contribution in [-0.4, -0.2) is 17.2 Å². The highest BCUT2D eigenvalue weighted by Crippen LogP contribution is 2.43. The van der Waals surface area contributed by atoms with E-state index >= 15 is 0 Å². The molecule has 490 valence electrons. The van der Waals surface area contributed by atoms with Crippen molar-refractivity contribution in [2.45, 2.75) is 0 Å². The number of hydrogen-bond acceptors (Lipinski definition) is 8. The lowest BCUT2D eigenvalue weighted by molar-refractivity contribution is 0.425. The number of furan rings is 4. The number of rotatable bonds is 10. The molecule has 102 heavy (non-hydrogen) atoms. The highest BCUT2D eigenvalue weighted by molar-refractivity contribution is 9.11. The average Bonchev–Trinajstić information content (AvgIpc) is 1.52. The third-order valence-electron chi connectivity index (χ3n) is 18.2. The van der Waals surface area contributed by atoms with Crippen molar-refractivity contribution in [2.75, 3.05) is 9.80 Å². The Balaban J connectivity index is 0.000000110. The van der Waals surface area contributed by atoms with Crippen molar-refractivity contribution in [3.63, 3.8) is 0 Å². The zero-order valence-electron chi connectivity index (χ0n) is 54.6. The third kappa shape index (κ3) is 13.2. The second-order valence-corrected chi connectivity index (χ2v) is 27.2. The van der Waals surface area contributed by atoms with Gasteiger partial charge in [-0.2, -0.15) is 0 Å². The Labute approximate surface area is 613 Å². The first-order valence-corrected chi connectivity index (χ1v) is 35.7. The standard InChI is InChI=1S/C30H19Br2NO.C30H21NO.C18H11BrO.C12H9BO3/c31-21-10-16-24(17-11-21)33(25-18-12-22(32)13-19-25)23-14-8-20(9-15-23)26-5-3-6-28-27-4-1-2-7-29(27)34-30(26)28;1-3-10-23(11-4-1)31(24-12-5-2-6-13-24)25-20-18-22(19-21-25)26-15-9-16-28-27-14-7-8-17-29(27)32-30(26)28;19-13-10-8-12(9-11-13)14-5-3-6-16-15-4-1-2-7-17(15)20-18(14)16;14-13(15)10-6-3-5-9-8-4-1-2-7-11(8)16-12(9)10/h1-19H;1-21H;1-11H;1-7,14-15H. The van der Waals surface area contributed by atoms with E-state index in [4.69, 9.17) is 17.7 Å². The molecule has 12 heteroatoms. The van der Waals surface area contributed by atoms with Gasteiger partial charge in [-0.3, -0.25) is 0 Å². The van der Waals surface area contributed by atoms with Crippen LogP contribution in [0.15, 0.2) is 383 Å². The molecule has 0 spiro atoms. The molecule has 19 aromatic rings. The number of fused-ring (bicyclic) bond motifs is 12. The maximum atomic E-state index is 9.24. The lowest BCUT2D eigenvalue weighted by Crippen LogP contribution is -2.29. The molecular weight excluding hydrogens is 1460 g/mol. The smallest absolute Gasteiger partial charge is 0.456 e. The fourth-order valence-electron chi connectivity index (χ4n) is 13.3. The Hall–Kier alpha value is -11.5. The summed E-state index contributed by atoms with van der Waals surface area (Å²) in [4.78, 5) is 4.52. The zero-order chi connectivity index (χ0) is 69.0. The van der Waals surface area contributed by atoms with Crippen LogP contribution in [0.4, 0.5) is 34.1 Å². The number of halogens is 3. The van der Waals surface area contributed by atoms with Crippen molar-refractivity contribution in [3.8, 4) is 33.4 Å². The fraction of sp³-hybridized carbons (Fsp3) is 0. The summed E-state index contributed by atoms with van der Waals surface area (Å²) in [6, 6.07) is 120. The van der Waals surface area contributed by atoms with Crippen molar-refractivity contribution < 1.29 is 27.7 Å². The fourth-order valence-corrected chi connectivity index (χ4v) is 14.1. The molecule has 0 atom stereocenters. The van der Waals surface area contributed by atoms with Crippen LogP contribution >= 0.6 is 47.8 Å². The lowest BCUT2D eigenvalue weighted by Gasteiger charge is -2.25. The molecule has 19 rings (SSSR count). The van der Waals surface area contributed by atoms with E-state index in [1.54, 1.807) is 12.1 Å². The molecule has 0 bridgehead atoms. The van der Waals surface area contributed by atoms with Gasteiger partial charge < -0.3 is 37.5 Å². The summed E-state index contributed by atoms with van der Waals surface area (Å²) < 4.78 is 27.4. The average molecular weight is 1520 g/mol. The maximum Gasteiger partial charge on any atom is 0.492 e. The number of nitrogens with zero attached hydrogens (tertiary/aromatic N) is 2. The molecule has 2 N–H and O–H groups in total. The number of benzene rings is 15. The van der Waals surface area contributed by atoms with Gasteiger partial charge in [-0.25, -0.2) is 0 Å². The SMILES string of the molecule is Brc1ccc(-c2cccc3c2oc2ccccc23)cc1.Brc1ccc(N(c2ccc(Br)cc2)c2ccc(-c3cccc4c3oc3ccccc34)cc2)cc1.OB(O)c1cccc2c1oc1ccccc12.c1ccc(N(c2ccccc2)c2ccc(-c3cccc4c3oc3ccccc34)cc2)cc1. The second-order valence-electron chi connectivity index (χ2n) is 24.4. The van der Waals surface area contributed by atoms with Gasteiger partial charge in [-0.15, -0.1) is 0 Å². The Morgan fingerprint density at radius 2 is 0.451 bits per heavy atom. The molecule has 4 aromatic heterocycles. The van der Waals surface area contributed by atoms with Crippen molar-refractivity contribution in [3.05, 3.63) is 365 Å². The minimum Gasteiger partial charge on any atom is -0.456 e. The van der Waals surface area contributed by atoms with E-state index in [9.17, 15) is 10.0 Å². The highest BCUT2D eigenvalue weighted by atomic mass is 79.9. The normalized spacial score (nSPS) is 11.2. The molecular formula is C90H60BBr3N2O6. The van der Waals surface area contributed by atoms with Crippen molar-refractivity contribution >= 4 is 182 Å². The van der Waals surface area contributed by atoms with E-state index < -0.39 is 7.12 Å². The van der Waals surface area contributed by atoms with Gasteiger partial charge in [0.1, 0.15) is 44.7 Å². The second kappa shape index (κ2) is 29.0. The van der Waals surface area contributed by atoms with Crippen LogP contribution in [-0.2, 0) is 0 Å². The number of hydrogen-bond donors (Lipinski definition) is 2. The molecule has 0 radical (unpaired) electrons. The number of anilines is 6. The summed E-state index contributed by atoms with van der Waals surface area (Å²) in [5.74, 6) is 0. The molecule has 0 fully saturated rings. The monoisotopic (exact) mass is 1510 g/mol. The summed E-state index contributed by atoms with van der Waals surface area (Å²) in [5.41, 5.74) is 20.7. The quantitative estimate of drug-likeness (QED) is 0.131. The van der Waals surface area contributed by atoms with E-state index in [1.807, 2.05) is 84.9 Å². The van der Waals surface area contributed by atoms with E-state index in [2.05, 4.69) is 312 Å². The minimum atomic E-state index is -1.51. The lowest BCUT2D eigenvalue weighted by atomic mass is 9.79. The first-order chi connectivity index (χ1) is 50.1. The molecule has 15 aromatic carbocycles. The van der Waals surface area contributed by atoms with Gasteiger partial charge in [0.2, 0.25) is 0 Å². The van der Waals surface area contributed by atoms with Crippen LogP contribution in [0.5, 0.6) is 0 Å². The Morgan fingerprint density at radius 1 is 0.216 bits per heavy atom. The Bertz CT molecular complexity index is 6050. The molecule has 0 aliphatic carbocycles. The summed E-state index contributed by atoms with van der Waals surface area (Å²) >= 11 is 10.6. The van der Waals surface area contributed by atoms with Crippen molar-refractivity contribution in [1.82, 2.24) is 0 Å². The zero-order valence-corrected chi connectivity index (χ0v) is 59.4. The highest BCUT2D eigenvalue weighted by Gasteiger charge is 2.21. The predicted molar refractivity (Wildman–Crippen MR) is 433 cm³/mol. The van der Waals surface area contributed by atoms with E-state index in [-0.39, 0.29) is 0 Å². The van der Waals surface area contributed by atoms with Crippen molar-refractivity contribution in [2.24, 2.45) is 0 Å². The Morgan fingerprint density at radius 3 is 0.775 bits per heavy atom. The minimum absolute atomic E-state index is 0.397. The van der Waals surface area contributed by atoms with Crippen LogP contribution in [0.2, 0.25) is 0 Å². The van der Waals surface area contributed by atoms with Crippen molar-refractivity contribution in [1.29, 1.82) is 0 Å². The summed E-state index contributed by atoms with van der Waals surface area (Å²) in [6.07, 6.45) is 0. The van der Waals surface area contributed by atoms with Crippen LogP contribution in [0, 0.1) is 0 Å². The predicted octanol–water partition coefficient (Wildman–Crippen LogP) is 26.3. The van der Waals surface area contributed by atoms with E-state index in [0.29, 0.717) is 11.0 Å². The first kappa shape index (κ1) is 65.2. The van der Waals surface area contributed by atoms with Gasteiger partial charge in [-0.1, -0.05) is 266 Å². The largest absolute Gasteiger partial charge is 0.492 e. The molecule has 8 nitrogen and oxygen atoms in total. The molecule has 4 heterocycles.